The Bertz CT molecular complexity index is 38.3. The van der Waals surface area contributed by atoms with Crippen molar-refractivity contribution in [1.29, 1.82) is 0 Å². The van der Waals surface area contributed by atoms with Crippen molar-refractivity contribution in [3.05, 3.63) is 0 Å². The van der Waals surface area contributed by atoms with E-state index in [1.807, 2.05) is 0 Å². The van der Waals surface area contributed by atoms with Crippen LogP contribution in [0.4, 0.5) is 0 Å². The molecule has 0 aliphatic carbocycles. The molecule has 0 rings (SSSR count). The third-order valence-corrected chi connectivity index (χ3v) is 0.512. The maximum Gasteiger partial charge on any atom is 0.491 e. The van der Waals surface area contributed by atoms with Crippen molar-refractivity contribution in [2.45, 2.75) is 19.8 Å². The Morgan fingerprint density at radius 1 is 1.62 bits per heavy atom. The van der Waals surface area contributed by atoms with Crippen molar-refractivity contribution in [1.82, 2.24) is 0 Å². The highest BCUT2D eigenvalue weighted by Crippen LogP contribution is 1.78. The van der Waals surface area contributed by atoms with Gasteiger partial charge in [-0.15, -0.1) is 0 Å². The zero-order valence-electron chi connectivity index (χ0n) is 4.92. The zero-order valence-corrected chi connectivity index (χ0v) is 5.92. The van der Waals surface area contributed by atoms with Crippen molar-refractivity contribution in [3.63, 3.8) is 0 Å². The van der Waals surface area contributed by atoms with E-state index in [1.54, 1.807) is 0 Å². The number of hydrogen-bond acceptors (Lipinski definition) is 2. The number of aliphatic hydroxyl groups excluding tert-OH is 1. The van der Waals surface area contributed by atoms with Crippen LogP contribution in [0.1, 0.15) is 19.8 Å². The van der Waals surface area contributed by atoms with E-state index in [1.165, 1.54) is 0 Å². The van der Waals surface area contributed by atoms with Gasteiger partial charge >= 0.3 is 8.69 Å². The molecule has 1 atom stereocenters. The highest BCUT2D eigenvalue weighted by molar-refractivity contribution is 7.16. The van der Waals surface area contributed by atoms with Gasteiger partial charge in [0.15, 0.2) is 0 Å². The van der Waals surface area contributed by atoms with Crippen LogP contribution in [-0.4, -0.2) is 16.6 Å². The van der Waals surface area contributed by atoms with Gasteiger partial charge < -0.3 is 5.11 Å². The van der Waals surface area contributed by atoms with Gasteiger partial charge in [-0.25, -0.2) is 0 Å². The maximum atomic E-state index is 8.51. The molecule has 4 heteroatoms. The molecule has 3 nitrogen and oxygen atoms in total. The van der Waals surface area contributed by atoms with Crippen LogP contribution in [-0.2, 0) is 4.57 Å². The van der Waals surface area contributed by atoms with Crippen molar-refractivity contribution in [2.24, 2.45) is 0 Å². The lowest BCUT2D eigenvalue weighted by Gasteiger charge is -1.79. The number of rotatable bonds is 2. The topological polar surface area (TPSA) is 57.5 Å². The Labute approximate surface area is 50.6 Å². The molecule has 8 heavy (non-hydrogen) atoms. The number of hydrogen-bond donors (Lipinski definition) is 2. The van der Waals surface area contributed by atoms with E-state index >= 15 is 0 Å². The normalized spacial score (nSPS) is 7.88. The number of unbranched alkanes of at least 4 members (excludes halogenated alkanes) is 1. The molecule has 0 radical (unpaired) electrons. The molecule has 2 N–H and O–H groups in total. The Hall–Kier alpha value is 0.0200. The highest BCUT2D eigenvalue weighted by Gasteiger charge is 1.69. The summed E-state index contributed by atoms with van der Waals surface area (Å²) in [6, 6.07) is 0. The van der Waals surface area contributed by atoms with Crippen molar-refractivity contribution >= 4 is 8.69 Å². The predicted molar refractivity (Wildman–Crippen MR) is 33.2 cm³/mol. The second-order valence-corrected chi connectivity index (χ2v) is 1.35. The third-order valence-electron chi connectivity index (χ3n) is 0.512. The molecule has 0 saturated heterocycles. The van der Waals surface area contributed by atoms with E-state index in [0.717, 1.165) is 12.8 Å². The van der Waals surface area contributed by atoms with Gasteiger partial charge in [-0.05, 0) is 11.0 Å². The quantitative estimate of drug-likeness (QED) is 0.553. The Kier molecular flexibility index (Phi) is 21.5. The summed E-state index contributed by atoms with van der Waals surface area (Å²) < 4.78 is 8.51. The fourth-order valence-corrected chi connectivity index (χ4v) is 0.158. The van der Waals surface area contributed by atoms with Crippen LogP contribution >= 0.6 is 8.69 Å². The molecule has 0 bridgehead atoms. The molecular weight excluding hydrogens is 127 g/mol. The van der Waals surface area contributed by atoms with Crippen molar-refractivity contribution in [2.75, 3.05) is 6.61 Å². The molecule has 0 fully saturated rings. The molecule has 0 aliphatic rings. The Morgan fingerprint density at radius 3 is 2.00 bits per heavy atom. The lowest BCUT2D eigenvalue weighted by Crippen LogP contribution is -1.75. The van der Waals surface area contributed by atoms with Crippen molar-refractivity contribution < 1.29 is 14.6 Å². The fraction of sp³-hybridized carbons (Fsp3) is 1.00. The van der Waals surface area contributed by atoms with Gasteiger partial charge in [-0.2, -0.15) is 4.89 Å². The predicted octanol–water partition coefficient (Wildman–Crippen LogP) is 0.696. The Balaban J connectivity index is 0. The van der Waals surface area contributed by atoms with Crippen LogP contribution in [0.3, 0.4) is 0 Å². The monoisotopic (exact) mass is 139 g/mol. The fourth-order valence-electron chi connectivity index (χ4n) is 0.158. The smallest absolute Gasteiger partial charge is 0.396 e. The first kappa shape index (κ1) is 10.9. The first-order valence-corrected chi connectivity index (χ1v) is 3.31. The molecule has 0 spiro atoms. The standard InChI is InChI=1S/C4H10O.HO2P/c1-2-3-4-5;1-3-2/h5H,2-4H2,1H3;3H/p+1. The molecule has 0 amide bonds. The molecule has 0 aromatic carbocycles. The molecule has 1 unspecified atom stereocenters. The summed E-state index contributed by atoms with van der Waals surface area (Å²) in [6.45, 7) is 2.40. The third kappa shape index (κ3) is 37.2. The minimum atomic E-state index is -1.17. The van der Waals surface area contributed by atoms with Gasteiger partial charge in [0.25, 0.3) is 0 Å². The van der Waals surface area contributed by atoms with Crippen LogP contribution in [0.25, 0.3) is 0 Å². The average molecular weight is 139 g/mol. The molecule has 50 valence electrons. The van der Waals surface area contributed by atoms with E-state index in [9.17, 15) is 0 Å². The van der Waals surface area contributed by atoms with E-state index in [2.05, 4.69) is 6.92 Å². The van der Waals surface area contributed by atoms with Crippen molar-refractivity contribution in [3.8, 4) is 0 Å². The summed E-state index contributed by atoms with van der Waals surface area (Å²) in [6.07, 6.45) is 2.04. The van der Waals surface area contributed by atoms with Gasteiger partial charge in [0.05, 0.1) is 0 Å². The van der Waals surface area contributed by atoms with Crippen LogP contribution in [0.15, 0.2) is 0 Å². The summed E-state index contributed by atoms with van der Waals surface area (Å²) in [5, 5.41) is 8.07. The second kappa shape index (κ2) is 15.7. The molecular formula is C4H12O3P+. The first-order valence-electron chi connectivity index (χ1n) is 2.45. The summed E-state index contributed by atoms with van der Waals surface area (Å²) in [5.41, 5.74) is 0. The maximum absolute atomic E-state index is 8.51. The molecule has 0 aromatic rings. The molecule has 0 aliphatic heterocycles. The molecule has 0 saturated carbocycles. The van der Waals surface area contributed by atoms with Crippen LogP contribution < -0.4 is 0 Å². The minimum absolute atomic E-state index is 0.344. The van der Waals surface area contributed by atoms with E-state index in [0.29, 0.717) is 6.61 Å². The molecule has 0 heterocycles. The number of aliphatic hydroxyl groups is 1. The lowest BCUT2D eigenvalue weighted by atomic mass is 10.4. The van der Waals surface area contributed by atoms with Gasteiger partial charge in [-0.1, -0.05) is 13.3 Å². The van der Waals surface area contributed by atoms with Gasteiger partial charge in [0, 0.05) is 6.61 Å². The summed E-state index contributed by atoms with van der Waals surface area (Å²) in [4.78, 5) is 7.04. The minimum Gasteiger partial charge on any atom is -0.396 e. The van der Waals surface area contributed by atoms with Crippen LogP contribution in [0.2, 0.25) is 0 Å². The second-order valence-electron chi connectivity index (χ2n) is 1.17. The first-order chi connectivity index (χ1) is 3.83. The largest absolute Gasteiger partial charge is 0.491 e. The average Bonchev–Trinajstić information content (AvgIpc) is 1.71. The van der Waals surface area contributed by atoms with E-state index in [4.69, 9.17) is 14.6 Å². The van der Waals surface area contributed by atoms with Gasteiger partial charge in [0.2, 0.25) is 0 Å². The summed E-state index contributed by atoms with van der Waals surface area (Å²) in [5.74, 6) is 0. The van der Waals surface area contributed by atoms with Gasteiger partial charge in [-0.3, -0.25) is 0 Å². The summed E-state index contributed by atoms with van der Waals surface area (Å²) in [7, 11) is -1.17. The SMILES string of the molecule is CCCCO.O=[PH+]O. The lowest BCUT2D eigenvalue weighted by molar-refractivity contribution is 0.287. The zero-order chi connectivity index (χ0) is 6.83. The Morgan fingerprint density at radius 2 is 2.00 bits per heavy atom. The van der Waals surface area contributed by atoms with Gasteiger partial charge in [0.1, 0.15) is 0 Å². The molecule has 0 aromatic heterocycles. The summed E-state index contributed by atoms with van der Waals surface area (Å²) >= 11 is 0. The van der Waals surface area contributed by atoms with E-state index in [-0.39, 0.29) is 0 Å². The van der Waals surface area contributed by atoms with E-state index < -0.39 is 8.69 Å². The highest BCUT2D eigenvalue weighted by atomic mass is 31.1. The van der Waals surface area contributed by atoms with Crippen LogP contribution in [0, 0.1) is 0 Å². The van der Waals surface area contributed by atoms with Crippen LogP contribution in [0.5, 0.6) is 0 Å².